The fourth-order valence-corrected chi connectivity index (χ4v) is 2.21. The van der Waals surface area contributed by atoms with Crippen molar-refractivity contribution in [1.82, 2.24) is 4.98 Å². The minimum absolute atomic E-state index is 0.270. The van der Waals surface area contributed by atoms with Gasteiger partial charge in [-0.2, -0.15) is 0 Å². The van der Waals surface area contributed by atoms with Gasteiger partial charge in [-0.25, -0.2) is 14.6 Å². The average Bonchev–Trinajstić information content (AvgIpc) is 2.60. The first-order chi connectivity index (χ1) is 11.0. The molecular weight excluding hydrogens is 298 g/mol. The topological polar surface area (TPSA) is 74.7 Å². The van der Waals surface area contributed by atoms with Gasteiger partial charge in [0.15, 0.2) is 0 Å². The summed E-state index contributed by atoms with van der Waals surface area (Å²) in [5, 5.41) is 0. The van der Waals surface area contributed by atoms with E-state index in [2.05, 4.69) is 9.72 Å². The third kappa shape index (κ3) is 3.31. The maximum atomic E-state index is 12.1. The second kappa shape index (κ2) is 6.91. The fraction of sp³-hybridized carbons (Fsp3) is 0.235. The summed E-state index contributed by atoms with van der Waals surface area (Å²) in [5.41, 5.74) is 2.81. The van der Waals surface area contributed by atoms with Crippen LogP contribution in [0.25, 0.3) is 11.1 Å². The molecule has 1 aromatic carbocycles. The minimum Gasteiger partial charge on any atom is -0.481 e. The number of ether oxygens (including phenoxy) is 3. The lowest BCUT2D eigenvalue weighted by atomic mass is 9.95. The van der Waals surface area contributed by atoms with Crippen molar-refractivity contribution in [2.24, 2.45) is 0 Å². The summed E-state index contributed by atoms with van der Waals surface area (Å²) in [6.07, 6.45) is 1.66. The standard InChI is InChI=1S/C17H17NO5/c1-10-9-18-15(21-2)8-13(10)12-6-5-11(16(19)22-3)7-14(12)17(20)23-4/h5-9H,1-4H3. The van der Waals surface area contributed by atoms with Crippen LogP contribution in [-0.2, 0) is 9.47 Å². The molecule has 2 rings (SSSR count). The highest BCUT2D eigenvalue weighted by Crippen LogP contribution is 2.30. The highest BCUT2D eigenvalue weighted by Gasteiger charge is 2.18. The number of hydrogen-bond donors (Lipinski definition) is 0. The predicted molar refractivity (Wildman–Crippen MR) is 83.6 cm³/mol. The lowest BCUT2D eigenvalue weighted by Crippen LogP contribution is -2.08. The Hall–Kier alpha value is -2.89. The average molecular weight is 315 g/mol. The van der Waals surface area contributed by atoms with Crippen LogP contribution in [0.15, 0.2) is 30.5 Å². The molecule has 0 bridgehead atoms. The summed E-state index contributed by atoms with van der Waals surface area (Å²) in [6.45, 7) is 1.87. The van der Waals surface area contributed by atoms with E-state index in [-0.39, 0.29) is 11.1 Å². The van der Waals surface area contributed by atoms with Crippen molar-refractivity contribution in [2.45, 2.75) is 6.92 Å². The summed E-state index contributed by atoms with van der Waals surface area (Å²) in [6, 6.07) is 6.47. The van der Waals surface area contributed by atoms with Crippen LogP contribution in [0.5, 0.6) is 5.88 Å². The van der Waals surface area contributed by atoms with Gasteiger partial charge >= 0.3 is 11.9 Å². The summed E-state index contributed by atoms with van der Waals surface area (Å²) in [5.74, 6) is -0.634. The molecule has 0 amide bonds. The smallest absolute Gasteiger partial charge is 0.338 e. The number of benzene rings is 1. The van der Waals surface area contributed by atoms with Gasteiger partial charge in [0.25, 0.3) is 0 Å². The number of hydrogen-bond acceptors (Lipinski definition) is 6. The van der Waals surface area contributed by atoms with Crippen LogP contribution in [-0.4, -0.2) is 38.3 Å². The molecule has 0 saturated carbocycles. The van der Waals surface area contributed by atoms with Crippen molar-refractivity contribution in [3.8, 4) is 17.0 Å². The normalized spacial score (nSPS) is 10.1. The van der Waals surface area contributed by atoms with E-state index in [4.69, 9.17) is 9.47 Å². The van der Waals surface area contributed by atoms with Crippen molar-refractivity contribution in [1.29, 1.82) is 0 Å². The van der Waals surface area contributed by atoms with E-state index < -0.39 is 11.9 Å². The van der Waals surface area contributed by atoms with E-state index >= 15 is 0 Å². The number of esters is 2. The molecule has 0 aliphatic heterocycles. The van der Waals surface area contributed by atoms with Crippen LogP contribution in [0.4, 0.5) is 0 Å². The zero-order chi connectivity index (χ0) is 17.0. The van der Waals surface area contributed by atoms with Crippen molar-refractivity contribution in [3.05, 3.63) is 47.2 Å². The number of carbonyl (C=O) groups is 2. The quantitative estimate of drug-likeness (QED) is 0.807. The minimum atomic E-state index is -0.541. The molecule has 0 spiro atoms. The summed E-state index contributed by atoms with van der Waals surface area (Å²) >= 11 is 0. The molecule has 1 aromatic heterocycles. The van der Waals surface area contributed by atoms with E-state index in [9.17, 15) is 9.59 Å². The molecule has 0 radical (unpaired) electrons. The monoisotopic (exact) mass is 315 g/mol. The Morgan fingerprint density at radius 3 is 2.26 bits per heavy atom. The van der Waals surface area contributed by atoms with Crippen LogP contribution >= 0.6 is 0 Å². The van der Waals surface area contributed by atoms with E-state index in [1.807, 2.05) is 6.92 Å². The number of rotatable bonds is 4. The Balaban J connectivity index is 2.66. The SMILES string of the molecule is COC(=O)c1ccc(-c2cc(OC)ncc2C)c(C(=O)OC)c1. The molecule has 0 aliphatic rings. The first-order valence-corrected chi connectivity index (χ1v) is 6.83. The number of aromatic nitrogens is 1. The van der Waals surface area contributed by atoms with E-state index in [1.54, 1.807) is 24.4 Å². The van der Waals surface area contributed by atoms with Crippen LogP contribution in [0.1, 0.15) is 26.3 Å². The second-order valence-electron chi connectivity index (χ2n) is 4.79. The van der Waals surface area contributed by atoms with E-state index in [0.717, 1.165) is 11.1 Å². The number of carbonyl (C=O) groups excluding carboxylic acids is 2. The van der Waals surface area contributed by atoms with Gasteiger partial charge in [0, 0.05) is 12.3 Å². The molecule has 0 unspecified atom stereocenters. The van der Waals surface area contributed by atoms with Gasteiger partial charge in [0.2, 0.25) is 5.88 Å². The number of nitrogens with zero attached hydrogens (tertiary/aromatic N) is 1. The van der Waals surface area contributed by atoms with Gasteiger partial charge in [-0.3, -0.25) is 0 Å². The Labute approximate surface area is 134 Å². The van der Waals surface area contributed by atoms with Crippen molar-refractivity contribution in [3.63, 3.8) is 0 Å². The predicted octanol–water partition coefficient (Wildman–Crippen LogP) is 2.64. The third-order valence-electron chi connectivity index (χ3n) is 3.42. The Morgan fingerprint density at radius 2 is 1.65 bits per heavy atom. The molecule has 6 nitrogen and oxygen atoms in total. The summed E-state index contributed by atoms with van der Waals surface area (Å²) in [7, 11) is 4.09. The van der Waals surface area contributed by atoms with Gasteiger partial charge in [-0.15, -0.1) is 0 Å². The maximum absolute atomic E-state index is 12.1. The molecular formula is C17H17NO5. The van der Waals surface area contributed by atoms with Gasteiger partial charge in [-0.05, 0) is 35.7 Å². The number of pyridine rings is 1. The van der Waals surface area contributed by atoms with Gasteiger partial charge in [0.05, 0.1) is 32.5 Å². The first kappa shape index (κ1) is 16.5. The van der Waals surface area contributed by atoms with Gasteiger partial charge in [0.1, 0.15) is 0 Å². The van der Waals surface area contributed by atoms with Crippen LogP contribution in [0.3, 0.4) is 0 Å². The fourth-order valence-electron chi connectivity index (χ4n) is 2.21. The van der Waals surface area contributed by atoms with Crippen molar-refractivity contribution in [2.75, 3.05) is 21.3 Å². The molecule has 0 aliphatic carbocycles. The lowest BCUT2D eigenvalue weighted by molar-refractivity contribution is 0.0600. The lowest BCUT2D eigenvalue weighted by Gasteiger charge is -2.13. The highest BCUT2D eigenvalue weighted by atomic mass is 16.5. The molecule has 2 aromatic rings. The number of aryl methyl sites for hydroxylation is 1. The Bertz CT molecular complexity index is 755. The zero-order valence-electron chi connectivity index (χ0n) is 13.4. The van der Waals surface area contributed by atoms with Crippen LogP contribution in [0.2, 0.25) is 0 Å². The van der Waals surface area contributed by atoms with Crippen molar-refractivity contribution >= 4 is 11.9 Å². The summed E-state index contributed by atoms with van der Waals surface area (Å²) < 4.78 is 14.7. The molecule has 23 heavy (non-hydrogen) atoms. The number of methoxy groups -OCH3 is 3. The van der Waals surface area contributed by atoms with Crippen LogP contribution in [0, 0.1) is 6.92 Å². The maximum Gasteiger partial charge on any atom is 0.338 e. The molecule has 0 saturated heterocycles. The first-order valence-electron chi connectivity index (χ1n) is 6.83. The van der Waals surface area contributed by atoms with E-state index in [0.29, 0.717) is 11.4 Å². The van der Waals surface area contributed by atoms with Gasteiger partial charge < -0.3 is 14.2 Å². The molecule has 1 heterocycles. The highest BCUT2D eigenvalue weighted by molar-refractivity contribution is 6.01. The molecule has 6 heteroatoms. The Morgan fingerprint density at radius 1 is 0.957 bits per heavy atom. The van der Waals surface area contributed by atoms with Gasteiger partial charge in [-0.1, -0.05) is 6.07 Å². The second-order valence-corrected chi connectivity index (χ2v) is 4.79. The molecule has 0 atom stereocenters. The molecule has 120 valence electrons. The van der Waals surface area contributed by atoms with Crippen molar-refractivity contribution < 1.29 is 23.8 Å². The Kier molecular flexibility index (Phi) is 4.95. The van der Waals surface area contributed by atoms with E-state index in [1.165, 1.54) is 27.4 Å². The molecule has 0 N–H and O–H groups in total. The largest absolute Gasteiger partial charge is 0.481 e. The zero-order valence-corrected chi connectivity index (χ0v) is 13.4. The van der Waals surface area contributed by atoms with Crippen LogP contribution < -0.4 is 4.74 Å². The summed E-state index contributed by atoms with van der Waals surface area (Å²) in [4.78, 5) is 27.9. The third-order valence-corrected chi connectivity index (χ3v) is 3.42. The molecule has 0 fully saturated rings.